The molecule has 0 saturated carbocycles. The average molecular weight is 931 g/mol. The van der Waals surface area contributed by atoms with Gasteiger partial charge >= 0.3 is 0 Å². The number of nitrogens with zero attached hydrogens (tertiary/aromatic N) is 2. The lowest BCUT2D eigenvalue weighted by atomic mass is 9.79. The second kappa shape index (κ2) is 18.2. The van der Waals surface area contributed by atoms with E-state index in [2.05, 4.69) is 214 Å². The Morgan fingerprint density at radius 3 is 1.46 bits per heavy atom. The first-order valence-corrected chi connectivity index (χ1v) is 24.6. The number of para-hydroxylation sites is 1. The van der Waals surface area contributed by atoms with E-state index in [1.807, 2.05) is 24.3 Å². The molecule has 0 unspecified atom stereocenters. The Hall–Kier alpha value is -7.76. The quantitative estimate of drug-likeness (QED) is 0.144. The average Bonchev–Trinajstić information content (AvgIpc) is 3.74. The first-order chi connectivity index (χ1) is 34.0. The van der Waals surface area contributed by atoms with Crippen LogP contribution in [0.15, 0.2) is 180 Å². The van der Waals surface area contributed by atoms with E-state index >= 15 is 0 Å². The van der Waals surface area contributed by atoms with E-state index in [0.29, 0.717) is 5.75 Å². The Morgan fingerprint density at radius 2 is 0.859 bits per heavy atom. The lowest BCUT2D eigenvalue weighted by molar-refractivity contribution is 0.416. The summed E-state index contributed by atoms with van der Waals surface area (Å²) in [6, 6.07) is 62.5. The molecule has 354 valence electrons. The molecule has 0 N–H and O–H groups in total. The maximum Gasteiger partial charge on any atom is 0.136 e. The minimum absolute atomic E-state index is 0.0773. The number of furan rings is 1. The van der Waals surface area contributed by atoms with Crippen LogP contribution in [0.2, 0.25) is 0 Å². The second-order valence-electron chi connectivity index (χ2n) is 21.8. The molecular weight excluding hydrogens is 869 g/mol. The maximum atomic E-state index is 6.46. The van der Waals surface area contributed by atoms with Crippen molar-refractivity contribution in [3.8, 4) is 89.9 Å². The molecule has 7 aromatic carbocycles. The Balaban J connectivity index is 1.19. The van der Waals surface area contributed by atoms with Gasteiger partial charge in [0.1, 0.15) is 22.7 Å². The van der Waals surface area contributed by atoms with Crippen LogP contribution in [-0.4, -0.2) is 24.2 Å². The van der Waals surface area contributed by atoms with Crippen LogP contribution in [0.5, 0.6) is 11.5 Å². The van der Waals surface area contributed by atoms with Crippen molar-refractivity contribution in [3.05, 3.63) is 193 Å². The summed E-state index contributed by atoms with van der Waals surface area (Å²) < 4.78 is 18.8. The highest BCUT2D eigenvalue weighted by atomic mass is 16.5. The minimum atomic E-state index is -0.0815. The molecule has 0 fully saturated rings. The summed E-state index contributed by atoms with van der Waals surface area (Å²) in [6.07, 6.45) is 0. The third kappa shape index (κ3) is 9.25. The molecule has 5 heteroatoms. The fourth-order valence-corrected chi connectivity index (χ4v) is 9.62. The molecule has 71 heavy (non-hydrogen) atoms. The largest absolute Gasteiger partial charge is 0.496 e. The highest BCUT2D eigenvalue weighted by molar-refractivity contribution is 6.07. The van der Waals surface area contributed by atoms with Crippen molar-refractivity contribution in [2.45, 2.75) is 78.6 Å². The molecule has 10 rings (SSSR count). The molecule has 0 saturated heterocycles. The van der Waals surface area contributed by atoms with E-state index < -0.39 is 0 Å². The zero-order valence-corrected chi connectivity index (χ0v) is 42.9. The lowest BCUT2D eigenvalue weighted by Gasteiger charge is -2.26. The number of methoxy groups -OCH3 is 2. The van der Waals surface area contributed by atoms with Gasteiger partial charge in [-0.1, -0.05) is 172 Å². The van der Waals surface area contributed by atoms with E-state index in [0.717, 1.165) is 95.0 Å². The highest BCUT2D eigenvalue weighted by Gasteiger charge is 2.25. The van der Waals surface area contributed by atoms with Crippen LogP contribution in [-0.2, 0) is 16.2 Å². The monoisotopic (exact) mass is 930 g/mol. The van der Waals surface area contributed by atoms with Crippen LogP contribution in [0.1, 0.15) is 79.0 Å². The summed E-state index contributed by atoms with van der Waals surface area (Å²) in [5.41, 5.74) is 18.9. The molecule has 0 radical (unpaired) electrons. The van der Waals surface area contributed by atoms with Crippen LogP contribution in [0, 0.1) is 0 Å². The summed E-state index contributed by atoms with van der Waals surface area (Å²) in [4.78, 5) is 10.9. The van der Waals surface area contributed by atoms with Gasteiger partial charge in [-0.3, -0.25) is 0 Å². The fourth-order valence-electron chi connectivity index (χ4n) is 9.62. The van der Waals surface area contributed by atoms with Gasteiger partial charge in [0.25, 0.3) is 0 Å². The molecule has 0 spiro atoms. The van der Waals surface area contributed by atoms with Crippen LogP contribution in [0.4, 0.5) is 0 Å². The molecule has 0 amide bonds. The van der Waals surface area contributed by atoms with Crippen molar-refractivity contribution in [1.82, 2.24) is 9.97 Å². The molecule has 10 aromatic rings. The summed E-state index contributed by atoms with van der Waals surface area (Å²) in [5, 5.41) is 2.03. The standard InChI is InChI=1S/C66H62N2O3/c1-64(2,3)46-31-44(32-47(36-46)65(4,5)6)45-34-57(54-40-62-52(39-61(54)70-11)49-25-18-19-28-60(49)71-62)68-58(35-45)56-27-20-26-55(67-56)53-33-43(29-30-59(53)69-10)63-50(41-21-14-12-15-22-41)37-48(66(7,8)9)38-51(63)42-23-16-13-17-24-42/h12-40H,1-11H3. The molecule has 0 aliphatic heterocycles. The van der Waals surface area contributed by atoms with Crippen LogP contribution < -0.4 is 9.47 Å². The van der Waals surface area contributed by atoms with E-state index in [-0.39, 0.29) is 16.2 Å². The van der Waals surface area contributed by atoms with Gasteiger partial charge in [0, 0.05) is 21.9 Å². The van der Waals surface area contributed by atoms with Crippen LogP contribution in [0.25, 0.3) is 100 Å². The number of fused-ring (bicyclic) bond motifs is 3. The molecule has 0 atom stereocenters. The Labute approximate surface area is 419 Å². The first kappa shape index (κ1) is 46.9. The van der Waals surface area contributed by atoms with Gasteiger partial charge in [-0.15, -0.1) is 0 Å². The normalized spacial score (nSPS) is 12.2. The number of hydrogen-bond acceptors (Lipinski definition) is 5. The summed E-state index contributed by atoms with van der Waals surface area (Å²) >= 11 is 0. The van der Waals surface area contributed by atoms with Gasteiger partial charge in [0.05, 0.1) is 37.0 Å². The third-order valence-corrected chi connectivity index (χ3v) is 13.7. The molecule has 0 aliphatic rings. The topological polar surface area (TPSA) is 57.4 Å². The van der Waals surface area contributed by atoms with E-state index in [1.54, 1.807) is 14.2 Å². The fraction of sp³-hybridized carbons (Fsp3) is 0.212. The lowest BCUT2D eigenvalue weighted by Crippen LogP contribution is -2.16. The number of benzene rings is 7. The van der Waals surface area contributed by atoms with Crippen molar-refractivity contribution in [3.63, 3.8) is 0 Å². The number of hydrogen-bond donors (Lipinski definition) is 0. The van der Waals surface area contributed by atoms with Crippen molar-refractivity contribution in [2.24, 2.45) is 0 Å². The molecular formula is C66H62N2O3. The van der Waals surface area contributed by atoms with Crippen molar-refractivity contribution in [2.75, 3.05) is 14.2 Å². The zero-order chi connectivity index (χ0) is 49.8. The molecule has 5 nitrogen and oxygen atoms in total. The second-order valence-corrected chi connectivity index (χ2v) is 21.8. The molecule has 0 aliphatic carbocycles. The van der Waals surface area contributed by atoms with E-state index in [4.69, 9.17) is 23.9 Å². The van der Waals surface area contributed by atoms with E-state index in [1.165, 1.54) is 27.8 Å². The third-order valence-electron chi connectivity index (χ3n) is 13.7. The first-order valence-electron chi connectivity index (χ1n) is 24.6. The van der Waals surface area contributed by atoms with E-state index in [9.17, 15) is 0 Å². The Kier molecular flexibility index (Phi) is 12.0. The predicted octanol–water partition coefficient (Wildman–Crippen LogP) is 18.0. The Bertz CT molecular complexity index is 3510. The highest BCUT2D eigenvalue weighted by Crippen LogP contribution is 2.46. The van der Waals surface area contributed by atoms with Crippen molar-refractivity contribution >= 4 is 21.9 Å². The zero-order valence-electron chi connectivity index (χ0n) is 42.9. The number of pyridine rings is 2. The van der Waals surface area contributed by atoms with Crippen molar-refractivity contribution in [1.29, 1.82) is 0 Å². The maximum absolute atomic E-state index is 6.46. The van der Waals surface area contributed by atoms with Crippen LogP contribution >= 0.6 is 0 Å². The number of ether oxygens (including phenoxy) is 2. The molecule has 3 heterocycles. The minimum Gasteiger partial charge on any atom is -0.496 e. The predicted molar refractivity (Wildman–Crippen MR) is 297 cm³/mol. The SMILES string of the molecule is COc1ccc(-c2c(-c3ccccc3)cc(C(C)(C)C)cc2-c2ccccc2)cc1-c1cccc(-c2cc(-c3cc(C(C)(C)C)cc(C(C)(C)C)c3)cc(-c3cc4oc5ccccc5c4cc3OC)n2)n1. The van der Waals surface area contributed by atoms with Gasteiger partial charge in [-0.05, 0) is 144 Å². The van der Waals surface area contributed by atoms with Crippen molar-refractivity contribution < 1.29 is 13.9 Å². The Morgan fingerprint density at radius 1 is 0.338 bits per heavy atom. The van der Waals surface area contributed by atoms with Gasteiger partial charge in [-0.25, -0.2) is 9.97 Å². The number of aromatic nitrogens is 2. The smallest absolute Gasteiger partial charge is 0.136 e. The molecule has 3 aromatic heterocycles. The summed E-state index contributed by atoms with van der Waals surface area (Å²) in [5.74, 6) is 1.44. The summed E-state index contributed by atoms with van der Waals surface area (Å²) in [6.45, 7) is 20.5. The van der Waals surface area contributed by atoms with Crippen LogP contribution in [0.3, 0.4) is 0 Å². The number of rotatable bonds is 9. The van der Waals surface area contributed by atoms with Gasteiger partial charge in [0.15, 0.2) is 0 Å². The summed E-state index contributed by atoms with van der Waals surface area (Å²) in [7, 11) is 3.45. The van der Waals surface area contributed by atoms with Gasteiger partial charge in [-0.2, -0.15) is 0 Å². The van der Waals surface area contributed by atoms with Gasteiger partial charge < -0.3 is 13.9 Å². The molecule has 0 bridgehead atoms. The van der Waals surface area contributed by atoms with Gasteiger partial charge in [0.2, 0.25) is 0 Å².